The van der Waals surface area contributed by atoms with Gasteiger partial charge in [0.2, 0.25) is 11.6 Å². The van der Waals surface area contributed by atoms with Crippen LogP contribution >= 0.6 is 0 Å². The summed E-state index contributed by atoms with van der Waals surface area (Å²) in [6.45, 7) is 3.92. The maximum Gasteiger partial charge on any atom is 0.360 e. The largest absolute Gasteiger partial charge is 0.476 e. The summed E-state index contributed by atoms with van der Waals surface area (Å²) in [7, 11) is 0. The number of aromatic nitrogens is 2. The third-order valence-corrected chi connectivity index (χ3v) is 1.88. The second-order valence-electron chi connectivity index (χ2n) is 3.23. The Balaban J connectivity index is 2.79. The number of ether oxygens (including phenoxy) is 1. The monoisotopic (exact) mass is 210 g/mol. The molecule has 1 rings (SSSR count). The van der Waals surface area contributed by atoms with Gasteiger partial charge in [-0.3, -0.25) is 0 Å². The van der Waals surface area contributed by atoms with E-state index in [1.54, 1.807) is 0 Å². The number of hydrogen-bond acceptors (Lipinski definition) is 4. The standard InChI is InChI=1S/C10H14N2O3/c1-3-4-7(2)15-9-8(10(13)14)11-5-6-12-9/h5-7H,3-4H2,1-2H3,(H,13,14). The van der Waals surface area contributed by atoms with E-state index in [1.165, 1.54) is 12.4 Å². The van der Waals surface area contributed by atoms with Crippen LogP contribution in [0.25, 0.3) is 0 Å². The van der Waals surface area contributed by atoms with E-state index in [0.29, 0.717) is 0 Å². The van der Waals surface area contributed by atoms with Crippen molar-refractivity contribution in [1.29, 1.82) is 0 Å². The minimum Gasteiger partial charge on any atom is -0.476 e. The van der Waals surface area contributed by atoms with Gasteiger partial charge < -0.3 is 9.84 Å². The highest BCUT2D eigenvalue weighted by atomic mass is 16.5. The van der Waals surface area contributed by atoms with Crippen LogP contribution in [-0.2, 0) is 0 Å². The molecule has 0 bridgehead atoms. The van der Waals surface area contributed by atoms with Gasteiger partial charge in [-0.25, -0.2) is 14.8 Å². The molecular weight excluding hydrogens is 196 g/mol. The van der Waals surface area contributed by atoms with Gasteiger partial charge in [-0.1, -0.05) is 13.3 Å². The summed E-state index contributed by atoms with van der Waals surface area (Å²) in [5.74, 6) is -1.03. The Morgan fingerprint density at radius 1 is 1.53 bits per heavy atom. The first-order valence-electron chi connectivity index (χ1n) is 4.86. The molecule has 0 amide bonds. The molecule has 1 heterocycles. The van der Waals surface area contributed by atoms with Crippen LogP contribution in [0.4, 0.5) is 0 Å². The molecule has 1 atom stereocenters. The van der Waals surface area contributed by atoms with Crippen LogP contribution in [0.1, 0.15) is 37.2 Å². The van der Waals surface area contributed by atoms with Gasteiger partial charge in [0, 0.05) is 12.4 Å². The molecular formula is C10H14N2O3. The van der Waals surface area contributed by atoms with Gasteiger partial charge in [0.25, 0.3) is 0 Å². The van der Waals surface area contributed by atoms with Gasteiger partial charge in [0.05, 0.1) is 6.10 Å². The summed E-state index contributed by atoms with van der Waals surface area (Å²) in [5, 5.41) is 8.83. The Bertz CT molecular complexity index is 341. The molecule has 0 radical (unpaired) electrons. The van der Waals surface area contributed by atoms with Crippen LogP contribution in [0.2, 0.25) is 0 Å². The SMILES string of the molecule is CCCC(C)Oc1nccnc1C(=O)O. The first kappa shape index (κ1) is 11.4. The number of carboxylic acids is 1. The molecule has 1 unspecified atom stereocenters. The van der Waals surface area contributed by atoms with Crippen LogP contribution in [-0.4, -0.2) is 27.1 Å². The van der Waals surface area contributed by atoms with Gasteiger partial charge in [-0.05, 0) is 13.3 Å². The second-order valence-corrected chi connectivity index (χ2v) is 3.23. The fraction of sp³-hybridized carbons (Fsp3) is 0.500. The van der Waals surface area contributed by atoms with E-state index in [2.05, 4.69) is 9.97 Å². The molecule has 0 saturated carbocycles. The van der Waals surface area contributed by atoms with Crippen molar-refractivity contribution in [3.05, 3.63) is 18.1 Å². The zero-order valence-corrected chi connectivity index (χ0v) is 8.80. The maximum atomic E-state index is 10.8. The lowest BCUT2D eigenvalue weighted by Gasteiger charge is -2.13. The summed E-state index contributed by atoms with van der Waals surface area (Å²) in [4.78, 5) is 18.3. The van der Waals surface area contributed by atoms with Crippen molar-refractivity contribution in [3.8, 4) is 5.88 Å². The van der Waals surface area contributed by atoms with E-state index in [0.717, 1.165) is 12.8 Å². The average molecular weight is 210 g/mol. The number of aromatic carboxylic acids is 1. The van der Waals surface area contributed by atoms with Crippen molar-refractivity contribution in [3.63, 3.8) is 0 Å². The zero-order chi connectivity index (χ0) is 11.3. The highest BCUT2D eigenvalue weighted by Crippen LogP contribution is 2.14. The Kier molecular flexibility index (Phi) is 4.03. The molecule has 5 nitrogen and oxygen atoms in total. The molecule has 0 saturated heterocycles. The molecule has 0 aliphatic rings. The van der Waals surface area contributed by atoms with E-state index in [1.807, 2.05) is 13.8 Å². The van der Waals surface area contributed by atoms with Crippen LogP contribution in [0.15, 0.2) is 12.4 Å². The van der Waals surface area contributed by atoms with E-state index >= 15 is 0 Å². The number of carboxylic acid groups (broad SMARTS) is 1. The second kappa shape index (κ2) is 5.29. The van der Waals surface area contributed by atoms with E-state index < -0.39 is 5.97 Å². The Labute approximate surface area is 88.1 Å². The third-order valence-electron chi connectivity index (χ3n) is 1.88. The van der Waals surface area contributed by atoms with Crippen LogP contribution < -0.4 is 4.74 Å². The molecule has 1 aromatic heterocycles. The predicted octanol–water partition coefficient (Wildman–Crippen LogP) is 1.74. The van der Waals surface area contributed by atoms with Crippen molar-refractivity contribution in [1.82, 2.24) is 9.97 Å². The smallest absolute Gasteiger partial charge is 0.360 e. The highest BCUT2D eigenvalue weighted by Gasteiger charge is 2.15. The number of nitrogens with zero attached hydrogens (tertiary/aromatic N) is 2. The summed E-state index contributed by atoms with van der Waals surface area (Å²) in [5.41, 5.74) is -0.138. The molecule has 0 fully saturated rings. The molecule has 0 aliphatic carbocycles. The molecule has 0 spiro atoms. The van der Waals surface area contributed by atoms with Gasteiger partial charge in [-0.2, -0.15) is 0 Å². The topological polar surface area (TPSA) is 72.3 Å². The van der Waals surface area contributed by atoms with Crippen molar-refractivity contribution in [2.24, 2.45) is 0 Å². The Morgan fingerprint density at radius 2 is 2.20 bits per heavy atom. The summed E-state index contributed by atoms with van der Waals surface area (Å²) in [6.07, 6.45) is 4.53. The molecule has 0 aliphatic heterocycles. The fourth-order valence-electron chi connectivity index (χ4n) is 1.21. The van der Waals surface area contributed by atoms with Crippen molar-refractivity contribution in [2.75, 3.05) is 0 Å². The van der Waals surface area contributed by atoms with Crippen LogP contribution in [0, 0.1) is 0 Å². The first-order valence-corrected chi connectivity index (χ1v) is 4.86. The number of rotatable bonds is 5. The normalized spacial score (nSPS) is 12.1. The molecule has 0 aromatic carbocycles. The predicted molar refractivity (Wildman–Crippen MR) is 54.0 cm³/mol. The highest BCUT2D eigenvalue weighted by molar-refractivity contribution is 5.87. The third kappa shape index (κ3) is 3.19. The lowest BCUT2D eigenvalue weighted by atomic mass is 10.2. The summed E-state index contributed by atoms with van der Waals surface area (Å²) < 4.78 is 5.39. The lowest BCUT2D eigenvalue weighted by Crippen LogP contribution is -2.15. The minimum absolute atomic E-state index is 0.0511. The van der Waals surface area contributed by atoms with Crippen molar-refractivity contribution < 1.29 is 14.6 Å². The van der Waals surface area contributed by atoms with Crippen molar-refractivity contribution >= 4 is 5.97 Å². The fourth-order valence-corrected chi connectivity index (χ4v) is 1.21. The minimum atomic E-state index is -1.12. The van der Waals surface area contributed by atoms with Gasteiger partial charge in [0.15, 0.2) is 0 Å². The van der Waals surface area contributed by atoms with Gasteiger partial charge in [-0.15, -0.1) is 0 Å². The van der Waals surface area contributed by atoms with Gasteiger partial charge >= 0.3 is 5.97 Å². The average Bonchev–Trinajstić information content (AvgIpc) is 2.18. The van der Waals surface area contributed by atoms with E-state index in [-0.39, 0.29) is 17.7 Å². The lowest BCUT2D eigenvalue weighted by molar-refractivity contribution is 0.0680. The van der Waals surface area contributed by atoms with E-state index in [4.69, 9.17) is 9.84 Å². The molecule has 82 valence electrons. The quantitative estimate of drug-likeness (QED) is 0.801. The Morgan fingerprint density at radius 3 is 2.80 bits per heavy atom. The van der Waals surface area contributed by atoms with Gasteiger partial charge in [0.1, 0.15) is 0 Å². The molecule has 1 N–H and O–H groups in total. The molecule has 5 heteroatoms. The van der Waals surface area contributed by atoms with Crippen molar-refractivity contribution in [2.45, 2.75) is 32.8 Å². The number of carbonyl (C=O) groups is 1. The van der Waals surface area contributed by atoms with Crippen LogP contribution in [0.5, 0.6) is 5.88 Å². The van der Waals surface area contributed by atoms with Crippen LogP contribution in [0.3, 0.4) is 0 Å². The summed E-state index contributed by atoms with van der Waals surface area (Å²) in [6, 6.07) is 0. The Hall–Kier alpha value is -1.65. The molecule has 15 heavy (non-hydrogen) atoms. The molecule has 1 aromatic rings. The maximum absolute atomic E-state index is 10.8. The first-order chi connectivity index (χ1) is 7.15. The number of hydrogen-bond donors (Lipinski definition) is 1. The summed E-state index contributed by atoms with van der Waals surface area (Å²) >= 11 is 0. The van der Waals surface area contributed by atoms with E-state index in [9.17, 15) is 4.79 Å². The zero-order valence-electron chi connectivity index (χ0n) is 8.80.